The molecule has 0 radical (unpaired) electrons. The molecule has 4 atom stereocenters. The Morgan fingerprint density at radius 3 is 2.41 bits per heavy atom. The van der Waals surface area contributed by atoms with Crippen LogP contribution in [-0.4, -0.2) is 52.6 Å². The molecule has 152 valence electrons. The van der Waals surface area contributed by atoms with Crippen molar-refractivity contribution in [1.82, 2.24) is 9.80 Å². The van der Waals surface area contributed by atoms with Gasteiger partial charge in [0, 0.05) is 31.1 Å². The number of likely N-dealkylation sites (tertiary alicyclic amines) is 2. The zero-order chi connectivity index (χ0) is 19.4. The molecule has 5 heteroatoms. The van der Waals surface area contributed by atoms with E-state index in [4.69, 9.17) is 4.74 Å². The highest BCUT2D eigenvalue weighted by molar-refractivity contribution is 5.84. The fraction of sp³-hybridized carbons (Fsp3) is 0.909. The summed E-state index contributed by atoms with van der Waals surface area (Å²) in [6, 6.07) is 0.908. The standard InChI is InChI=1S/C22H36N2O3/c1-15-13-16-7-5-6-8-18(16)24(15)19(25)17-14-22(17)9-11-23(12-10-22)20(26)27-21(2,3)4/h15-18H,5-14H2,1-4H3/t15-,16+,17+,18-/m1/s1. The molecule has 2 aliphatic carbocycles. The molecule has 0 N–H and O–H groups in total. The largest absolute Gasteiger partial charge is 0.444 e. The molecule has 4 rings (SSSR count). The summed E-state index contributed by atoms with van der Waals surface area (Å²) in [6.07, 6.45) is 9.02. The summed E-state index contributed by atoms with van der Waals surface area (Å²) in [5, 5.41) is 0. The van der Waals surface area contributed by atoms with E-state index in [1.54, 1.807) is 0 Å². The minimum absolute atomic E-state index is 0.155. The van der Waals surface area contributed by atoms with E-state index in [0.29, 0.717) is 18.0 Å². The van der Waals surface area contributed by atoms with Gasteiger partial charge < -0.3 is 14.5 Å². The van der Waals surface area contributed by atoms with Crippen molar-refractivity contribution < 1.29 is 14.3 Å². The van der Waals surface area contributed by atoms with E-state index in [1.807, 2.05) is 25.7 Å². The van der Waals surface area contributed by atoms with Gasteiger partial charge in [-0.2, -0.15) is 0 Å². The van der Waals surface area contributed by atoms with Crippen molar-refractivity contribution in [2.24, 2.45) is 17.3 Å². The van der Waals surface area contributed by atoms with Crippen LogP contribution in [0, 0.1) is 17.3 Å². The SMILES string of the molecule is C[C@@H]1C[C@@H]2CCCC[C@H]2N1C(=O)[C@@H]1CC12CCN(C(=O)OC(C)(C)C)CC2. The number of carbonyl (C=O) groups is 2. The first-order chi connectivity index (χ1) is 12.7. The van der Waals surface area contributed by atoms with Gasteiger partial charge in [-0.15, -0.1) is 0 Å². The molecule has 0 aromatic carbocycles. The van der Waals surface area contributed by atoms with Gasteiger partial charge in [-0.3, -0.25) is 4.79 Å². The monoisotopic (exact) mass is 376 g/mol. The average Bonchev–Trinajstić information content (AvgIpc) is 3.17. The first-order valence-electron chi connectivity index (χ1n) is 11.0. The van der Waals surface area contributed by atoms with Crippen LogP contribution >= 0.6 is 0 Å². The molecular weight excluding hydrogens is 340 g/mol. The summed E-state index contributed by atoms with van der Waals surface area (Å²) in [4.78, 5) is 29.8. The molecule has 2 saturated heterocycles. The van der Waals surface area contributed by atoms with Gasteiger partial charge in [-0.25, -0.2) is 4.79 Å². The van der Waals surface area contributed by atoms with Gasteiger partial charge in [-0.05, 0) is 77.6 Å². The number of rotatable bonds is 1. The molecule has 2 aliphatic heterocycles. The van der Waals surface area contributed by atoms with E-state index >= 15 is 0 Å². The predicted molar refractivity (Wildman–Crippen MR) is 104 cm³/mol. The Labute approximate surface area is 163 Å². The van der Waals surface area contributed by atoms with Crippen molar-refractivity contribution in [2.75, 3.05) is 13.1 Å². The second-order valence-corrected chi connectivity index (χ2v) is 10.5. The maximum atomic E-state index is 13.4. The van der Waals surface area contributed by atoms with E-state index in [1.165, 1.54) is 32.1 Å². The summed E-state index contributed by atoms with van der Waals surface area (Å²) in [6.45, 7) is 9.40. The Kier molecular flexibility index (Phi) is 4.71. The number of nitrogens with zero attached hydrogens (tertiary/aromatic N) is 2. The smallest absolute Gasteiger partial charge is 0.410 e. The number of amides is 2. The van der Waals surface area contributed by atoms with Crippen LogP contribution in [-0.2, 0) is 9.53 Å². The molecule has 1 spiro atoms. The molecule has 2 saturated carbocycles. The minimum atomic E-state index is -0.452. The van der Waals surface area contributed by atoms with Crippen molar-refractivity contribution >= 4 is 12.0 Å². The van der Waals surface area contributed by atoms with E-state index in [-0.39, 0.29) is 17.4 Å². The Hall–Kier alpha value is -1.26. The molecule has 0 unspecified atom stereocenters. The zero-order valence-electron chi connectivity index (χ0n) is 17.5. The van der Waals surface area contributed by atoms with Gasteiger partial charge in [0.2, 0.25) is 5.91 Å². The highest BCUT2D eigenvalue weighted by Gasteiger charge is 2.61. The third-order valence-electron chi connectivity index (χ3n) is 7.50. The molecule has 0 bridgehead atoms. The van der Waals surface area contributed by atoms with E-state index < -0.39 is 5.60 Å². The fourth-order valence-electron chi connectivity index (χ4n) is 5.98. The summed E-state index contributed by atoms with van der Waals surface area (Å²) in [7, 11) is 0. The molecule has 2 amide bonds. The van der Waals surface area contributed by atoms with Crippen LogP contribution in [0.2, 0.25) is 0 Å². The van der Waals surface area contributed by atoms with E-state index in [9.17, 15) is 9.59 Å². The predicted octanol–water partition coefficient (Wildman–Crippen LogP) is 4.20. The van der Waals surface area contributed by atoms with Crippen LogP contribution in [0.3, 0.4) is 0 Å². The zero-order valence-corrected chi connectivity index (χ0v) is 17.5. The van der Waals surface area contributed by atoms with Gasteiger partial charge in [0.15, 0.2) is 0 Å². The quantitative estimate of drug-likeness (QED) is 0.689. The highest BCUT2D eigenvalue weighted by atomic mass is 16.6. The molecule has 4 fully saturated rings. The maximum absolute atomic E-state index is 13.4. The van der Waals surface area contributed by atoms with E-state index in [2.05, 4.69) is 11.8 Å². The lowest BCUT2D eigenvalue weighted by molar-refractivity contribution is -0.137. The Bertz CT molecular complexity index is 603. The second kappa shape index (κ2) is 6.66. The molecule has 0 aromatic heterocycles. The van der Waals surface area contributed by atoms with Gasteiger partial charge >= 0.3 is 6.09 Å². The van der Waals surface area contributed by atoms with Gasteiger partial charge in [0.25, 0.3) is 0 Å². The van der Waals surface area contributed by atoms with Crippen molar-refractivity contribution in [3.63, 3.8) is 0 Å². The van der Waals surface area contributed by atoms with Gasteiger partial charge in [0.05, 0.1) is 0 Å². The third kappa shape index (κ3) is 3.58. The van der Waals surface area contributed by atoms with Gasteiger partial charge in [0.1, 0.15) is 5.60 Å². The summed E-state index contributed by atoms with van der Waals surface area (Å²) in [5.74, 6) is 1.35. The lowest BCUT2D eigenvalue weighted by Crippen LogP contribution is -2.46. The van der Waals surface area contributed by atoms with E-state index in [0.717, 1.165) is 38.3 Å². The van der Waals surface area contributed by atoms with Gasteiger partial charge in [-0.1, -0.05) is 12.8 Å². The molecule has 4 aliphatic rings. The van der Waals surface area contributed by atoms with Crippen LogP contribution in [0.25, 0.3) is 0 Å². The number of hydrogen-bond donors (Lipinski definition) is 0. The van der Waals surface area contributed by atoms with Crippen LogP contribution in [0.5, 0.6) is 0 Å². The number of carbonyl (C=O) groups excluding carboxylic acids is 2. The highest BCUT2D eigenvalue weighted by Crippen LogP contribution is 2.61. The lowest BCUT2D eigenvalue weighted by atomic mass is 9.84. The van der Waals surface area contributed by atoms with Crippen LogP contribution in [0.4, 0.5) is 4.79 Å². The maximum Gasteiger partial charge on any atom is 0.410 e. The molecular formula is C22H36N2O3. The number of hydrogen-bond acceptors (Lipinski definition) is 3. The number of fused-ring (bicyclic) bond motifs is 1. The average molecular weight is 377 g/mol. The third-order valence-corrected chi connectivity index (χ3v) is 7.50. The van der Waals surface area contributed by atoms with Crippen molar-refractivity contribution in [2.45, 2.75) is 96.7 Å². The van der Waals surface area contributed by atoms with Crippen molar-refractivity contribution in [3.05, 3.63) is 0 Å². The van der Waals surface area contributed by atoms with Crippen molar-refractivity contribution in [3.8, 4) is 0 Å². The Morgan fingerprint density at radius 1 is 1.07 bits per heavy atom. The second-order valence-electron chi connectivity index (χ2n) is 10.5. The summed E-state index contributed by atoms with van der Waals surface area (Å²) >= 11 is 0. The minimum Gasteiger partial charge on any atom is -0.444 e. The topological polar surface area (TPSA) is 49.9 Å². The number of ether oxygens (including phenoxy) is 1. The first kappa shape index (κ1) is 19.1. The first-order valence-corrected chi connectivity index (χ1v) is 11.0. The normalized spacial score (nSPS) is 35.1. The Balaban J connectivity index is 1.34. The summed E-state index contributed by atoms with van der Waals surface area (Å²) < 4.78 is 5.51. The Morgan fingerprint density at radius 2 is 1.74 bits per heavy atom. The number of piperidine rings is 1. The molecule has 5 nitrogen and oxygen atoms in total. The van der Waals surface area contributed by atoms with Crippen LogP contribution < -0.4 is 0 Å². The van der Waals surface area contributed by atoms with Crippen LogP contribution in [0.1, 0.15) is 79.1 Å². The lowest BCUT2D eigenvalue weighted by Gasteiger charge is -2.36. The van der Waals surface area contributed by atoms with Crippen LogP contribution in [0.15, 0.2) is 0 Å². The molecule has 27 heavy (non-hydrogen) atoms. The summed E-state index contributed by atoms with van der Waals surface area (Å²) in [5.41, 5.74) is -0.297. The van der Waals surface area contributed by atoms with Crippen molar-refractivity contribution in [1.29, 1.82) is 0 Å². The fourth-order valence-corrected chi connectivity index (χ4v) is 5.98. The molecule has 0 aromatic rings. The molecule has 2 heterocycles.